The first-order valence-corrected chi connectivity index (χ1v) is 12.5. The molecule has 0 saturated carbocycles. The SMILES string of the molecule is CC[C@@]1(/C=C/S(=O)(=O)NC(=O)Nc2c3c(cc4c2CCC4)CCC3)CCCN1C(=O)O. The second kappa shape index (κ2) is 8.18. The fourth-order valence-corrected chi connectivity index (χ4v) is 6.14. The Labute approximate surface area is 182 Å². The van der Waals surface area contributed by atoms with Gasteiger partial charge in [-0.15, -0.1) is 0 Å². The predicted octanol–water partition coefficient (Wildman–Crippen LogP) is 3.55. The maximum Gasteiger partial charge on any atom is 0.408 e. The molecule has 1 aromatic rings. The Kier molecular flexibility index (Phi) is 5.72. The molecule has 1 fully saturated rings. The van der Waals surface area contributed by atoms with Gasteiger partial charge in [-0.2, -0.15) is 0 Å². The first-order valence-electron chi connectivity index (χ1n) is 10.9. The molecular formula is C22H29N3O5S. The van der Waals surface area contributed by atoms with E-state index < -0.39 is 27.7 Å². The molecule has 3 aliphatic rings. The van der Waals surface area contributed by atoms with Crippen LogP contribution in [0.2, 0.25) is 0 Å². The van der Waals surface area contributed by atoms with E-state index in [1.807, 2.05) is 6.92 Å². The van der Waals surface area contributed by atoms with E-state index >= 15 is 0 Å². The first-order chi connectivity index (χ1) is 14.7. The number of likely N-dealkylation sites (tertiary alicyclic amines) is 1. The lowest BCUT2D eigenvalue weighted by Crippen LogP contribution is -2.45. The number of urea groups is 1. The Morgan fingerprint density at radius 3 is 2.35 bits per heavy atom. The van der Waals surface area contributed by atoms with Gasteiger partial charge in [0.05, 0.1) is 5.54 Å². The van der Waals surface area contributed by atoms with E-state index in [4.69, 9.17) is 0 Å². The largest absolute Gasteiger partial charge is 0.465 e. The Bertz CT molecular complexity index is 1020. The van der Waals surface area contributed by atoms with Crippen LogP contribution >= 0.6 is 0 Å². The highest BCUT2D eigenvalue weighted by Crippen LogP contribution is 2.38. The summed E-state index contributed by atoms with van der Waals surface area (Å²) in [4.78, 5) is 25.4. The molecule has 3 amide bonds. The van der Waals surface area contributed by atoms with Crippen LogP contribution in [-0.4, -0.2) is 42.6 Å². The second-order valence-electron chi connectivity index (χ2n) is 8.63. The van der Waals surface area contributed by atoms with Gasteiger partial charge in [0.25, 0.3) is 10.0 Å². The fourth-order valence-electron chi connectivity index (χ4n) is 5.33. The Morgan fingerprint density at radius 2 is 1.77 bits per heavy atom. The van der Waals surface area contributed by atoms with Crippen LogP contribution in [0, 0.1) is 0 Å². The van der Waals surface area contributed by atoms with Crippen LogP contribution in [0.5, 0.6) is 0 Å². The molecule has 0 aromatic heterocycles. The van der Waals surface area contributed by atoms with Crippen LogP contribution in [0.4, 0.5) is 15.3 Å². The van der Waals surface area contributed by atoms with Crippen molar-refractivity contribution in [1.29, 1.82) is 0 Å². The number of nitrogens with zero attached hydrogens (tertiary/aromatic N) is 1. The maximum atomic E-state index is 12.6. The quantitative estimate of drug-likeness (QED) is 0.638. The maximum absolute atomic E-state index is 12.6. The number of anilines is 1. The molecule has 3 N–H and O–H groups in total. The summed E-state index contributed by atoms with van der Waals surface area (Å²) in [7, 11) is -4.08. The molecule has 9 heteroatoms. The molecule has 0 unspecified atom stereocenters. The van der Waals surface area contributed by atoms with Gasteiger partial charge < -0.3 is 10.4 Å². The summed E-state index contributed by atoms with van der Waals surface area (Å²) in [6, 6.07) is 1.46. The van der Waals surface area contributed by atoms with Crippen molar-refractivity contribution in [2.24, 2.45) is 0 Å². The number of hydrogen-bond donors (Lipinski definition) is 3. The zero-order valence-electron chi connectivity index (χ0n) is 17.7. The Balaban J connectivity index is 1.51. The summed E-state index contributed by atoms with van der Waals surface area (Å²) in [6.45, 7) is 2.20. The smallest absolute Gasteiger partial charge is 0.408 e. The van der Waals surface area contributed by atoms with Crippen LogP contribution in [0.3, 0.4) is 0 Å². The van der Waals surface area contributed by atoms with E-state index in [1.54, 1.807) is 0 Å². The summed E-state index contributed by atoms with van der Waals surface area (Å²) in [5, 5.41) is 13.2. The summed E-state index contributed by atoms with van der Waals surface area (Å²) in [5.41, 5.74) is 4.65. The van der Waals surface area contributed by atoms with Gasteiger partial charge in [0.2, 0.25) is 0 Å². The molecule has 1 saturated heterocycles. The monoisotopic (exact) mass is 447 g/mol. The van der Waals surface area contributed by atoms with Gasteiger partial charge in [0, 0.05) is 17.6 Å². The van der Waals surface area contributed by atoms with Gasteiger partial charge in [-0.3, -0.25) is 4.90 Å². The highest BCUT2D eigenvalue weighted by atomic mass is 32.2. The van der Waals surface area contributed by atoms with Crippen molar-refractivity contribution in [2.75, 3.05) is 11.9 Å². The number of carboxylic acid groups (broad SMARTS) is 1. The molecule has 1 heterocycles. The second-order valence-corrected chi connectivity index (χ2v) is 10.2. The van der Waals surface area contributed by atoms with E-state index in [9.17, 15) is 23.1 Å². The van der Waals surface area contributed by atoms with Gasteiger partial charge in [0.1, 0.15) is 0 Å². The molecule has 1 aliphatic heterocycles. The summed E-state index contributed by atoms with van der Waals surface area (Å²) >= 11 is 0. The fraction of sp³-hybridized carbons (Fsp3) is 0.545. The van der Waals surface area contributed by atoms with Gasteiger partial charge >= 0.3 is 12.1 Å². The van der Waals surface area contributed by atoms with E-state index in [2.05, 4.69) is 16.1 Å². The van der Waals surface area contributed by atoms with Crippen LogP contribution in [0.25, 0.3) is 0 Å². The molecule has 2 aliphatic carbocycles. The Morgan fingerprint density at radius 1 is 1.13 bits per heavy atom. The molecule has 168 valence electrons. The number of amides is 3. The average molecular weight is 448 g/mol. The minimum atomic E-state index is -4.08. The molecular weight excluding hydrogens is 418 g/mol. The number of rotatable bonds is 5. The van der Waals surface area contributed by atoms with Crippen molar-refractivity contribution < 1.29 is 23.1 Å². The number of carbonyl (C=O) groups is 2. The minimum absolute atomic E-state index is 0.367. The van der Waals surface area contributed by atoms with Gasteiger partial charge in [-0.05, 0) is 86.1 Å². The van der Waals surface area contributed by atoms with Crippen LogP contribution in [-0.2, 0) is 35.7 Å². The van der Waals surface area contributed by atoms with Gasteiger partial charge in [-0.1, -0.05) is 13.0 Å². The summed E-state index contributed by atoms with van der Waals surface area (Å²) in [6.07, 6.45) is 7.82. The van der Waals surface area contributed by atoms with Crippen LogP contribution in [0.1, 0.15) is 61.3 Å². The van der Waals surface area contributed by atoms with Crippen LogP contribution in [0.15, 0.2) is 17.6 Å². The molecule has 0 bridgehead atoms. The summed E-state index contributed by atoms with van der Waals surface area (Å²) in [5.74, 6) is 0. The summed E-state index contributed by atoms with van der Waals surface area (Å²) < 4.78 is 27.2. The highest BCUT2D eigenvalue weighted by Gasteiger charge is 2.40. The van der Waals surface area contributed by atoms with Gasteiger partial charge in [-0.25, -0.2) is 22.7 Å². The van der Waals surface area contributed by atoms with Crippen LogP contribution < -0.4 is 10.0 Å². The molecule has 8 nitrogen and oxygen atoms in total. The van der Waals surface area contributed by atoms with Crippen molar-refractivity contribution in [3.8, 4) is 0 Å². The number of nitrogens with one attached hydrogen (secondary N) is 2. The third-order valence-corrected chi connectivity index (χ3v) is 7.84. The number of sulfonamides is 1. The lowest BCUT2D eigenvalue weighted by Gasteiger charge is -2.33. The van der Waals surface area contributed by atoms with Crippen molar-refractivity contribution in [1.82, 2.24) is 9.62 Å². The van der Waals surface area contributed by atoms with E-state index in [-0.39, 0.29) is 0 Å². The van der Waals surface area contributed by atoms with Crippen molar-refractivity contribution in [2.45, 2.75) is 70.3 Å². The molecule has 0 spiro atoms. The number of benzene rings is 1. The molecule has 1 aromatic carbocycles. The molecule has 0 radical (unpaired) electrons. The van der Waals surface area contributed by atoms with Crippen molar-refractivity contribution >= 4 is 27.8 Å². The molecule has 1 atom stereocenters. The van der Waals surface area contributed by atoms with E-state index in [0.29, 0.717) is 25.8 Å². The zero-order chi connectivity index (χ0) is 22.2. The predicted molar refractivity (Wildman–Crippen MR) is 118 cm³/mol. The van der Waals surface area contributed by atoms with E-state index in [1.165, 1.54) is 22.1 Å². The topological polar surface area (TPSA) is 116 Å². The lowest BCUT2D eigenvalue weighted by atomic mass is 9.93. The van der Waals surface area contributed by atoms with Gasteiger partial charge in [0.15, 0.2) is 0 Å². The molecule has 4 rings (SSSR count). The number of fused-ring (bicyclic) bond motifs is 2. The zero-order valence-corrected chi connectivity index (χ0v) is 18.6. The number of carbonyl (C=O) groups excluding carboxylic acids is 1. The number of aryl methyl sites for hydroxylation is 2. The third-order valence-electron chi connectivity index (χ3n) is 6.88. The Hall–Kier alpha value is -2.55. The lowest BCUT2D eigenvalue weighted by molar-refractivity contribution is 0.119. The average Bonchev–Trinajstić information content (AvgIpc) is 3.45. The first kappa shape index (κ1) is 21.7. The normalized spacial score (nSPS) is 22.5. The minimum Gasteiger partial charge on any atom is -0.465 e. The number of hydrogen-bond acceptors (Lipinski definition) is 4. The van der Waals surface area contributed by atoms with Crippen molar-refractivity contribution in [3.05, 3.63) is 39.8 Å². The molecule has 31 heavy (non-hydrogen) atoms. The highest BCUT2D eigenvalue weighted by molar-refractivity contribution is 7.92. The van der Waals surface area contributed by atoms with E-state index in [0.717, 1.165) is 60.7 Å². The van der Waals surface area contributed by atoms with Crippen molar-refractivity contribution in [3.63, 3.8) is 0 Å². The third kappa shape index (κ3) is 4.15. The standard InChI is InChI=1S/C22H29N3O5S/c1-2-22(10-5-12-25(22)21(27)28)11-13-31(29,30)24-20(26)23-19-17-8-3-6-15(17)14-16-7-4-9-18(16)19/h11,13-14H,2-10,12H2,1H3,(H,27,28)(H2,23,24,26)/b13-11+/t22-/m0/s1.